The van der Waals surface area contributed by atoms with Gasteiger partial charge in [-0.1, -0.05) is 0 Å². The molecule has 1 aliphatic heterocycles. The molecule has 95 valence electrons. The summed E-state index contributed by atoms with van der Waals surface area (Å²) in [5.74, 6) is 0. The summed E-state index contributed by atoms with van der Waals surface area (Å²) in [4.78, 5) is 2.33. The molecule has 8 heteroatoms. The first-order chi connectivity index (χ1) is 8.39. The maximum atomic E-state index is 6.25. The van der Waals surface area contributed by atoms with Gasteiger partial charge in [0.15, 0.2) is 0 Å². The van der Waals surface area contributed by atoms with Crippen LogP contribution in [0.4, 0.5) is 0 Å². The van der Waals surface area contributed by atoms with Crippen LogP contribution in [0, 0.1) is 59.2 Å². The van der Waals surface area contributed by atoms with Gasteiger partial charge in [0.25, 0.3) is 0 Å². The van der Waals surface area contributed by atoms with Gasteiger partial charge in [-0.25, -0.2) is 0 Å². The van der Waals surface area contributed by atoms with Crippen molar-refractivity contribution in [1.29, 1.82) is 26.3 Å². The van der Waals surface area contributed by atoms with Gasteiger partial charge in [0.2, 0.25) is 0 Å². The fourth-order valence-corrected chi connectivity index (χ4v) is 0.777. The van der Waals surface area contributed by atoms with Crippen molar-refractivity contribution in [2.45, 2.75) is 0 Å². The zero-order chi connectivity index (χ0) is 15.1. The molecule has 1 radical (unpaired) electrons. The monoisotopic (exact) mass is 286 g/mol. The van der Waals surface area contributed by atoms with E-state index in [2.05, 4.69) is 17.3 Å². The summed E-state index contributed by atoms with van der Waals surface area (Å²) in [5, 5.41) is 34.5. The summed E-state index contributed by atoms with van der Waals surface area (Å²) in [7, 11) is 2.15. The molecule has 0 aromatic carbocycles. The molecule has 1 N–H and O–H groups in total. The first-order valence-electron chi connectivity index (χ1n) is 3.90. The zero-order valence-corrected chi connectivity index (χ0v) is 11.0. The van der Waals surface area contributed by atoms with Gasteiger partial charge < -0.3 is 69.4 Å². The van der Waals surface area contributed by atoms with E-state index >= 15 is 0 Å². The van der Waals surface area contributed by atoms with E-state index in [4.69, 9.17) is 59.2 Å². The molecule has 1 aliphatic rings. The van der Waals surface area contributed by atoms with Gasteiger partial charge >= 0.3 is 17.1 Å². The molecule has 1 heterocycles. The van der Waals surface area contributed by atoms with Crippen LogP contribution in [-0.4, -0.2) is 38.1 Å². The maximum absolute atomic E-state index is 6.25. The fourth-order valence-electron chi connectivity index (χ4n) is 0.777. The van der Waals surface area contributed by atoms with Crippen molar-refractivity contribution in [3.63, 3.8) is 0 Å². The molecule has 0 atom stereocenters. The Hall–Kier alpha value is -2.11. The van der Waals surface area contributed by atoms with Gasteiger partial charge in [-0.05, 0) is 7.05 Å². The van der Waals surface area contributed by atoms with Crippen LogP contribution in [0.1, 0.15) is 0 Å². The van der Waals surface area contributed by atoms with Crippen molar-refractivity contribution in [2.24, 2.45) is 0 Å². The second-order valence-corrected chi connectivity index (χ2v) is 2.05. The average Bonchev–Trinajstić information content (AvgIpc) is 2.50. The minimum Gasteiger partial charge on any atom is -0.512 e. The van der Waals surface area contributed by atoms with Crippen LogP contribution in [0.25, 0.3) is 0 Å². The summed E-state index contributed by atoms with van der Waals surface area (Å²) in [6.07, 6.45) is 0. The summed E-state index contributed by atoms with van der Waals surface area (Å²) in [5.41, 5.74) is 0. The Balaban J connectivity index is -0.0000000285. The van der Waals surface area contributed by atoms with Crippen LogP contribution in [0.2, 0.25) is 0 Å². The molecule has 0 spiro atoms. The fraction of sp³-hybridized carbons (Fsp3) is 0.500. The standard InChI is InChI=1S/C5H12N2.5CN.Fe/c1-7-4-2-6-3-5-7;5*1-2;/h6H,2-5H2,1H3;;;;;;/q;5*-1;+5. The number of nitrogens with zero attached hydrogens (tertiary/aromatic N) is 6. The predicted octanol–water partition coefficient (Wildman–Crippen LogP) is 0.000750. The van der Waals surface area contributed by atoms with E-state index in [-0.39, 0.29) is 17.1 Å². The number of rotatable bonds is 0. The molecule has 0 unspecified atom stereocenters. The molecule has 0 aromatic heterocycles. The van der Waals surface area contributed by atoms with Gasteiger partial charge in [-0.3, -0.25) is 0 Å². The van der Waals surface area contributed by atoms with Crippen molar-refractivity contribution >= 4 is 0 Å². The third-order valence-corrected chi connectivity index (χ3v) is 1.34. The van der Waals surface area contributed by atoms with Crippen LogP contribution < -0.4 is 5.32 Å². The summed E-state index contributed by atoms with van der Waals surface area (Å²) < 4.78 is 0. The normalized spacial score (nSPS) is 10.4. The molecule has 1 rings (SSSR count). The van der Waals surface area contributed by atoms with Crippen molar-refractivity contribution < 1.29 is 17.1 Å². The minimum atomic E-state index is 0. The summed E-state index contributed by atoms with van der Waals surface area (Å²) >= 11 is 0. The quantitative estimate of drug-likeness (QED) is 0.489. The molecule has 0 aromatic rings. The van der Waals surface area contributed by atoms with Crippen molar-refractivity contribution in [2.75, 3.05) is 33.2 Å². The minimum absolute atomic E-state index is 0. The van der Waals surface area contributed by atoms with Gasteiger partial charge in [0.1, 0.15) is 0 Å². The van der Waals surface area contributed by atoms with E-state index in [0.717, 1.165) is 13.1 Å². The summed E-state index contributed by atoms with van der Waals surface area (Å²) in [6, 6.07) is 0. The van der Waals surface area contributed by atoms with Crippen LogP contribution in [0.5, 0.6) is 0 Å². The smallest absolute Gasteiger partial charge is 0.512 e. The molecule has 1 fully saturated rings. The van der Waals surface area contributed by atoms with E-state index < -0.39 is 0 Å². The Morgan fingerprint density at radius 1 is 0.722 bits per heavy atom. The maximum Gasteiger partial charge on any atom is 5.00 e. The molecule has 7 nitrogen and oxygen atoms in total. The van der Waals surface area contributed by atoms with E-state index in [0.29, 0.717) is 0 Å². The largest absolute Gasteiger partial charge is 5.00 e. The SMILES string of the molecule is CN1CCNCC1.[C-]#N.[C-]#N.[C-]#N.[C-]#N.[C-]#N.[Fe+5]. The Bertz CT molecular complexity index is 166. The van der Waals surface area contributed by atoms with Crippen LogP contribution in [0.3, 0.4) is 0 Å². The average molecular weight is 286 g/mol. The number of nitrogens with one attached hydrogen (secondary N) is 1. The van der Waals surface area contributed by atoms with E-state index in [1.54, 1.807) is 0 Å². The molecule has 0 saturated carbocycles. The molecular weight excluding hydrogens is 274 g/mol. The van der Waals surface area contributed by atoms with Gasteiger partial charge in [-0.15, -0.1) is 0 Å². The van der Waals surface area contributed by atoms with Gasteiger partial charge in [0.05, 0.1) is 0 Å². The number of hydrogen-bond donors (Lipinski definition) is 1. The van der Waals surface area contributed by atoms with Crippen LogP contribution in [-0.2, 0) is 17.1 Å². The first-order valence-corrected chi connectivity index (χ1v) is 3.90. The third kappa shape index (κ3) is 66.5. The Kier molecular flexibility index (Phi) is 166. The first kappa shape index (κ1) is 36.0. The Morgan fingerprint density at radius 3 is 1.06 bits per heavy atom. The van der Waals surface area contributed by atoms with Gasteiger partial charge in [-0.2, -0.15) is 0 Å². The van der Waals surface area contributed by atoms with E-state index in [1.807, 2.05) is 0 Å². The molecule has 0 amide bonds. The van der Waals surface area contributed by atoms with Crippen LogP contribution in [0.15, 0.2) is 0 Å². The Morgan fingerprint density at radius 2 is 0.944 bits per heavy atom. The van der Waals surface area contributed by atoms with E-state index in [1.165, 1.54) is 13.1 Å². The molecule has 18 heavy (non-hydrogen) atoms. The molecule has 0 aliphatic carbocycles. The topological polar surface area (TPSA) is 134 Å². The number of piperazine rings is 1. The van der Waals surface area contributed by atoms with Gasteiger partial charge in [0, 0.05) is 26.2 Å². The number of hydrogen-bond acceptors (Lipinski definition) is 7. The molecule has 1 saturated heterocycles. The van der Waals surface area contributed by atoms with E-state index in [9.17, 15) is 0 Å². The van der Waals surface area contributed by atoms with Crippen molar-refractivity contribution in [3.8, 4) is 0 Å². The summed E-state index contributed by atoms with van der Waals surface area (Å²) in [6.45, 7) is 28.5. The second-order valence-electron chi connectivity index (χ2n) is 2.05. The van der Waals surface area contributed by atoms with Crippen molar-refractivity contribution in [3.05, 3.63) is 32.9 Å². The molecular formula is C10H12FeN7. The molecule has 0 bridgehead atoms. The third-order valence-electron chi connectivity index (χ3n) is 1.34. The zero-order valence-electron chi connectivity index (χ0n) is 9.87. The second kappa shape index (κ2) is 82.8. The van der Waals surface area contributed by atoms with Crippen molar-refractivity contribution in [1.82, 2.24) is 10.2 Å². The number of likely N-dealkylation sites (N-methyl/N-ethyl adjacent to an activating group) is 1. The Labute approximate surface area is 120 Å². The predicted molar refractivity (Wildman–Crippen MR) is 55.2 cm³/mol. The van der Waals surface area contributed by atoms with Crippen LogP contribution >= 0.6 is 0 Å².